The normalized spacial score (nSPS) is 15.5. The summed E-state index contributed by atoms with van der Waals surface area (Å²) in [5, 5.41) is 0.430. The molecule has 0 radical (unpaired) electrons. The highest BCUT2D eigenvalue weighted by molar-refractivity contribution is 7.07. The molecule has 0 aliphatic carbocycles. The number of ether oxygens (including phenoxy) is 2. The zero-order chi connectivity index (χ0) is 24.4. The highest BCUT2D eigenvalue weighted by atomic mass is 35.5. The number of aromatic nitrogens is 1. The quantitative estimate of drug-likeness (QED) is 0.399. The molecule has 0 saturated carbocycles. The molecule has 9 heteroatoms. The zero-order valence-electron chi connectivity index (χ0n) is 18.7. The van der Waals surface area contributed by atoms with Crippen LogP contribution in [-0.4, -0.2) is 23.1 Å². The molecule has 3 aromatic rings. The summed E-state index contributed by atoms with van der Waals surface area (Å²) < 4.78 is 12.3. The summed E-state index contributed by atoms with van der Waals surface area (Å²) in [5.41, 5.74) is 1.81. The molecule has 1 unspecified atom stereocenters. The van der Waals surface area contributed by atoms with E-state index in [1.54, 1.807) is 68.5 Å². The van der Waals surface area contributed by atoms with Gasteiger partial charge in [0.15, 0.2) is 4.80 Å². The number of hydrogen-bond donors (Lipinski definition) is 0. The van der Waals surface area contributed by atoms with Crippen molar-refractivity contribution in [2.75, 3.05) is 6.61 Å². The van der Waals surface area contributed by atoms with Gasteiger partial charge in [0.1, 0.15) is 11.8 Å². The number of carbonyl (C=O) groups is 2. The molecule has 2 heterocycles. The SMILES string of the molecule is CCOC(=O)C1=C(C)N=c2s/c(=C/c3ccc(OC(C)=O)cc3)c(=O)n2C1c1ccccc1Cl. The fourth-order valence-electron chi connectivity index (χ4n) is 3.73. The van der Waals surface area contributed by atoms with Crippen molar-refractivity contribution in [2.45, 2.75) is 26.8 Å². The molecule has 0 saturated heterocycles. The van der Waals surface area contributed by atoms with Crippen molar-refractivity contribution in [3.05, 3.63) is 95.6 Å². The lowest BCUT2D eigenvalue weighted by Crippen LogP contribution is -2.40. The minimum atomic E-state index is -0.766. The highest BCUT2D eigenvalue weighted by Crippen LogP contribution is 2.34. The predicted octanol–water partition coefficient (Wildman–Crippen LogP) is 3.38. The molecule has 7 nitrogen and oxygen atoms in total. The van der Waals surface area contributed by atoms with Crippen LogP contribution in [0.15, 0.2) is 69.6 Å². The largest absolute Gasteiger partial charge is 0.463 e. The first-order valence-electron chi connectivity index (χ1n) is 10.5. The van der Waals surface area contributed by atoms with Gasteiger partial charge in [-0.2, -0.15) is 0 Å². The molecular formula is C25H21ClN2O5S. The van der Waals surface area contributed by atoms with Crippen molar-refractivity contribution < 1.29 is 19.1 Å². The number of halogens is 1. The maximum atomic E-state index is 13.6. The molecule has 0 fully saturated rings. The molecule has 1 aromatic heterocycles. The first-order valence-corrected chi connectivity index (χ1v) is 11.7. The summed E-state index contributed by atoms with van der Waals surface area (Å²) in [7, 11) is 0. The Morgan fingerprint density at radius 2 is 1.88 bits per heavy atom. The Balaban J connectivity index is 1.88. The molecular weight excluding hydrogens is 476 g/mol. The Bertz CT molecular complexity index is 1480. The number of carbonyl (C=O) groups excluding carboxylic acids is 2. The smallest absolute Gasteiger partial charge is 0.338 e. The van der Waals surface area contributed by atoms with Gasteiger partial charge in [0.2, 0.25) is 0 Å². The third kappa shape index (κ3) is 4.60. The van der Waals surface area contributed by atoms with Gasteiger partial charge in [-0.15, -0.1) is 0 Å². The Kier molecular flexibility index (Phi) is 6.81. The molecule has 1 atom stereocenters. The Morgan fingerprint density at radius 3 is 2.53 bits per heavy atom. The van der Waals surface area contributed by atoms with E-state index in [4.69, 9.17) is 21.1 Å². The summed E-state index contributed by atoms with van der Waals surface area (Å²) in [6.45, 7) is 4.97. The molecule has 34 heavy (non-hydrogen) atoms. The number of benzene rings is 2. The molecule has 0 spiro atoms. The number of esters is 2. The molecule has 0 N–H and O–H groups in total. The summed E-state index contributed by atoms with van der Waals surface area (Å²) >= 11 is 7.72. The third-order valence-corrected chi connectivity index (χ3v) is 6.48. The van der Waals surface area contributed by atoms with Crippen LogP contribution in [0.1, 0.15) is 37.9 Å². The van der Waals surface area contributed by atoms with E-state index in [0.717, 1.165) is 5.56 Å². The average molecular weight is 497 g/mol. The van der Waals surface area contributed by atoms with E-state index >= 15 is 0 Å². The molecule has 2 aromatic carbocycles. The van der Waals surface area contributed by atoms with Crippen molar-refractivity contribution in [1.29, 1.82) is 0 Å². The second-order valence-electron chi connectivity index (χ2n) is 7.49. The fraction of sp³-hybridized carbons (Fsp3) is 0.200. The van der Waals surface area contributed by atoms with Crippen molar-refractivity contribution in [2.24, 2.45) is 4.99 Å². The topological polar surface area (TPSA) is 87.0 Å². The molecule has 4 rings (SSSR count). The second kappa shape index (κ2) is 9.79. The van der Waals surface area contributed by atoms with Gasteiger partial charge in [0, 0.05) is 11.9 Å². The summed E-state index contributed by atoms with van der Waals surface area (Å²) in [4.78, 5) is 42.6. The molecule has 174 valence electrons. The maximum absolute atomic E-state index is 13.6. The van der Waals surface area contributed by atoms with Gasteiger partial charge in [-0.1, -0.05) is 53.3 Å². The number of thiazole rings is 1. The molecule has 1 aliphatic rings. The number of rotatable bonds is 5. The molecule has 0 amide bonds. The van der Waals surface area contributed by atoms with Crippen LogP contribution in [0.4, 0.5) is 0 Å². The first kappa shape index (κ1) is 23.7. The van der Waals surface area contributed by atoms with Crippen LogP contribution in [0.3, 0.4) is 0 Å². The van der Waals surface area contributed by atoms with Crippen LogP contribution in [0, 0.1) is 0 Å². The van der Waals surface area contributed by atoms with Crippen LogP contribution >= 0.6 is 22.9 Å². The maximum Gasteiger partial charge on any atom is 0.338 e. The van der Waals surface area contributed by atoms with Gasteiger partial charge in [-0.05, 0) is 49.2 Å². The van der Waals surface area contributed by atoms with Crippen LogP contribution in [0.5, 0.6) is 5.75 Å². The average Bonchev–Trinajstić information content (AvgIpc) is 3.09. The Labute approximate surface area is 204 Å². The van der Waals surface area contributed by atoms with E-state index in [9.17, 15) is 14.4 Å². The van der Waals surface area contributed by atoms with Crippen molar-refractivity contribution in [3.63, 3.8) is 0 Å². The van der Waals surface area contributed by atoms with Crippen LogP contribution in [0.2, 0.25) is 5.02 Å². The van der Waals surface area contributed by atoms with Gasteiger partial charge in [-0.3, -0.25) is 14.2 Å². The van der Waals surface area contributed by atoms with E-state index in [1.165, 1.54) is 22.8 Å². The van der Waals surface area contributed by atoms with Gasteiger partial charge in [0.05, 0.1) is 22.4 Å². The van der Waals surface area contributed by atoms with Gasteiger partial charge < -0.3 is 9.47 Å². The van der Waals surface area contributed by atoms with E-state index < -0.39 is 18.0 Å². The summed E-state index contributed by atoms with van der Waals surface area (Å²) in [6.07, 6.45) is 1.73. The summed E-state index contributed by atoms with van der Waals surface area (Å²) in [6, 6.07) is 13.1. The summed E-state index contributed by atoms with van der Waals surface area (Å²) in [5.74, 6) is -0.531. The van der Waals surface area contributed by atoms with Gasteiger partial charge in [0.25, 0.3) is 5.56 Å². The van der Waals surface area contributed by atoms with E-state index in [-0.39, 0.29) is 17.7 Å². The fourth-order valence-corrected chi connectivity index (χ4v) is 5.02. The molecule has 0 bridgehead atoms. The third-order valence-electron chi connectivity index (χ3n) is 5.16. The predicted molar refractivity (Wildman–Crippen MR) is 130 cm³/mol. The Morgan fingerprint density at radius 1 is 1.18 bits per heavy atom. The lowest BCUT2D eigenvalue weighted by Gasteiger charge is -2.25. The zero-order valence-corrected chi connectivity index (χ0v) is 20.3. The number of fused-ring (bicyclic) bond motifs is 1. The van der Waals surface area contributed by atoms with E-state index in [2.05, 4.69) is 4.99 Å². The number of nitrogens with zero attached hydrogens (tertiary/aromatic N) is 2. The first-order chi connectivity index (χ1) is 16.3. The number of hydrogen-bond acceptors (Lipinski definition) is 7. The lowest BCUT2D eigenvalue weighted by molar-refractivity contribution is -0.139. The lowest BCUT2D eigenvalue weighted by atomic mass is 9.96. The van der Waals surface area contributed by atoms with Gasteiger partial charge in [-0.25, -0.2) is 9.79 Å². The Hall–Kier alpha value is -3.49. The van der Waals surface area contributed by atoms with Gasteiger partial charge >= 0.3 is 11.9 Å². The minimum absolute atomic E-state index is 0.193. The van der Waals surface area contributed by atoms with Crippen molar-refractivity contribution >= 4 is 41.0 Å². The standard InChI is InChI=1S/C25H21ClN2O5S/c1-4-32-24(31)21-14(2)27-25-28(22(21)18-7-5-6-8-19(18)26)23(30)20(34-25)13-16-9-11-17(12-10-16)33-15(3)29/h5-13,22H,4H2,1-3H3/b20-13+. The van der Waals surface area contributed by atoms with Crippen LogP contribution in [0.25, 0.3) is 6.08 Å². The van der Waals surface area contributed by atoms with E-state index in [0.29, 0.717) is 31.4 Å². The number of allylic oxidation sites excluding steroid dienone is 1. The van der Waals surface area contributed by atoms with E-state index in [1.807, 2.05) is 0 Å². The highest BCUT2D eigenvalue weighted by Gasteiger charge is 2.34. The second-order valence-corrected chi connectivity index (χ2v) is 8.90. The van der Waals surface area contributed by atoms with Crippen molar-refractivity contribution in [3.8, 4) is 5.75 Å². The monoisotopic (exact) mass is 496 g/mol. The van der Waals surface area contributed by atoms with Crippen molar-refractivity contribution in [1.82, 2.24) is 4.57 Å². The minimum Gasteiger partial charge on any atom is -0.463 e. The van der Waals surface area contributed by atoms with Crippen LogP contribution < -0.4 is 19.6 Å². The van der Waals surface area contributed by atoms with Crippen LogP contribution in [-0.2, 0) is 14.3 Å². The molecule has 1 aliphatic heterocycles.